The van der Waals surface area contributed by atoms with Crippen molar-refractivity contribution in [3.8, 4) is 0 Å². The number of carbonyl (C=O) groups is 2. The molecule has 1 saturated carbocycles. The highest BCUT2D eigenvalue weighted by atomic mass is 16.6. The van der Waals surface area contributed by atoms with Crippen LogP contribution in [0.5, 0.6) is 0 Å². The van der Waals surface area contributed by atoms with Crippen LogP contribution in [-0.4, -0.2) is 22.5 Å². The summed E-state index contributed by atoms with van der Waals surface area (Å²) in [7, 11) is 0. The fourth-order valence-corrected chi connectivity index (χ4v) is 2.71. The summed E-state index contributed by atoms with van der Waals surface area (Å²) < 4.78 is 5.44. The number of hydrogen-bond donors (Lipinski definition) is 1. The third-order valence-corrected chi connectivity index (χ3v) is 3.66. The van der Waals surface area contributed by atoms with E-state index in [0.717, 1.165) is 32.1 Å². The number of esters is 1. The van der Waals surface area contributed by atoms with Crippen LogP contribution in [0.1, 0.15) is 51.9 Å². The van der Waals surface area contributed by atoms with Crippen LogP contribution in [0.15, 0.2) is 11.3 Å². The molecule has 1 saturated heterocycles. The number of carbonyl (C=O) groups excluding carboxylic acids is 2. The lowest BCUT2D eigenvalue weighted by Gasteiger charge is -2.39. The molecule has 17 heavy (non-hydrogen) atoms. The molecule has 1 spiro atoms. The largest absolute Gasteiger partial charge is 0.511 e. The third kappa shape index (κ3) is 2.21. The predicted molar refractivity (Wildman–Crippen MR) is 61.5 cm³/mol. The first-order valence-corrected chi connectivity index (χ1v) is 6.26. The normalized spacial score (nSPS) is 26.9. The number of aliphatic hydroxyl groups is 1. The lowest BCUT2D eigenvalue weighted by atomic mass is 9.78. The quantitative estimate of drug-likeness (QED) is 0.330. The molecule has 0 unspecified atom stereocenters. The summed E-state index contributed by atoms with van der Waals surface area (Å²) in [6, 6.07) is 0. The van der Waals surface area contributed by atoms with Gasteiger partial charge in [0.25, 0.3) is 0 Å². The number of ether oxygens (including phenoxy) is 1. The van der Waals surface area contributed by atoms with Crippen molar-refractivity contribution < 1.29 is 19.4 Å². The molecule has 1 N–H and O–H groups in total. The minimum Gasteiger partial charge on any atom is -0.511 e. The third-order valence-electron chi connectivity index (χ3n) is 3.66. The van der Waals surface area contributed by atoms with Gasteiger partial charge in [0, 0.05) is 6.42 Å². The molecule has 0 atom stereocenters. The molecule has 0 aromatic rings. The molecule has 0 amide bonds. The second-order valence-electron chi connectivity index (χ2n) is 4.91. The molecule has 0 bridgehead atoms. The van der Waals surface area contributed by atoms with E-state index in [1.807, 2.05) is 0 Å². The zero-order chi connectivity index (χ0) is 12.5. The Labute approximate surface area is 101 Å². The number of hydrogen-bond acceptors (Lipinski definition) is 4. The van der Waals surface area contributed by atoms with E-state index in [1.54, 1.807) is 6.92 Å². The summed E-state index contributed by atoms with van der Waals surface area (Å²) in [6.07, 6.45) is 5.19. The van der Waals surface area contributed by atoms with Gasteiger partial charge in [-0.2, -0.15) is 0 Å². The molecule has 4 nitrogen and oxygen atoms in total. The van der Waals surface area contributed by atoms with E-state index in [1.165, 1.54) is 0 Å². The molecule has 0 aromatic carbocycles. The van der Waals surface area contributed by atoms with Crippen LogP contribution in [0.25, 0.3) is 0 Å². The van der Waals surface area contributed by atoms with E-state index in [9.17, 15) is 14.7 Å². The first-order valence-electron chi connectivity index (χ1n) is 6.26. The Hall–Kier alpha value is -1.32. The van der Waals surface area contributed by atoms with Gasteiger partial charge in [0.2, 0.25) is 0 Å². The SMILES string of the molecule is CCC(O)=C1C(=O)CC2(CCCCC2)OC1=O. The highest BCUT2D eigenvalue weighted by Crippen LogP contribution is 2.39. The van der Waals surface area contributed by atoms with Crippen LogP contribution < -0.4 is 0 Å². The topological polar surface area (TPSA) is 63.6 Å². The van der Waals surface area contributed by atoms with Crippen LogP contribution in [0.2, 0.25) is 0 Å². The summed E-state index contributed by atoms with van der Waals surface area (Å²) >= 11 is 0. The number of ketones is 1. The van der Waals surface area contributed by atoms with Crippen molar-refractivity contribution in [2.75, 3.05) is 0 Å². The first-order chi connectivity index (χ1) is 8.08. The van der Waals surface area contributed by atoms with Gasteiger partial charge in [0.1, 0.15) is 16.9 Å². The number of rotatable bonds is 1. The molecule has 94 valence electrons. The van der Waals surface area contributed by atoms with Crippen LogP contribution in [0, 0.1) is 0 Å². The molecule has 2 rings (SSSR count). The monoisotopic (exact) mass is 238 g/mol. The fourth-order valence-electron chi connectivity index (χ4n) is 2.71. The van der Waals surface area contributed by atoms with Gasteiger partial charge in [0.15, 0.2) is 5.78 Å². The second-order valence-corrected chi connectivity index (χ2v) is 4.91. The van der Waals surface area contributed by atoms with Gasteiger partial charge >= 0.3 is 5.97 Å². The predicted octanol–water partition coefficient (Wildman–Crippen LogP) is 2.43. The molecule has 0 aromatic heterocycles. The van der Waals surface area contributed by atoms with Crippen LogP contribution in [0.4, 0.5) is 0 Å². The smallest absolute Gasteiger partial charge is 0.345 e. The highest BCUT2D eigenvalue weighted by Gasteiger charge is 2.45. The molecule has 1 aliphatic carbocycles. The van der Waals surface area contributed by atoms with Gasteiger partial charge in [-0.15, -0.1) is 0 Å². The average molecular weight is 238 g/mol. The molecular weight excluding hydrogens is 220 g/mol. The maximum absolute atomic E-state index is 12.0. The molecule has 0 radical (unpaired) electrons. The zero-order valence-corrected chi connectivity index (χ0v) is 10.1. The second kappa shape index (κ2) is 4.51. The van der Waals surface area contributed by atoms with E-state index < -0.39 is 11.6 Å². The van der Waals surface area contributed by atoms with Crippen molar-refractivity contribution in [1.82, 2.24) is 0 Å². The number of allylic oxidation sites excluding steroid dienone is 1. The number of aliphatic hydroxyl groups excluding tert-OH is 1. The Morgan fingerprint density at radius 1 is 1.29 bits per heavy atom. The van der Waals surface area contributed by atoms with Crippen LogP contribution >= 0.6 is 0 Å². The van der Waals surface area contributed by atoms with Crippen molar-refractivity contribution in [3.05, 3.63) is 11.3 Å². The van der Waals surface area contributed by atoms with Crippen molar-refractivity contribution in [3.63, 3.8) is 0 Å². The summed E-state index contributed by atoms with van der Waals surface area (Å²) in [5.41, 5.74) is -0.715. The Morgan fingerprint density at radius 2 is 1.94 bits per heavy atom. The van der Waals surface area contributed by atoms with Gasteiger partial charge in [-0.1, -0.05) is 13.3 Å². The van der Waals surface area contributed by atoms with Crippen molar-refractivity contribution >= 4 is 11.8 Å². The molecule has 2 aliphatic rings. The summed E-state index contributed by atoms with van der Waals surface area (Å²) in [5, 5.41) is 9.57. The molecular formula is C13H18O4. The Kier molecular flexibility index (Phi) is 3.22. The molecule has 1 aliphatic heterocycles. The minimum absolute atomic E-state index is 0.135. The molecule has 1 heterocycles. The van der Waals surface area contributed by atoms with Gasteiger partial charge < -0.3 is 9.84 Å². The summed E-state index contributed by atoms with van der Waals surface area (Å²) in [4.78, 5) is 23.8. The van der Waals surface area contributed by atoms with E-state index in [-0.39, 0.29) is 30.0 Å². The Balaban J connectivity index is 2.23. The maximum atomic E-state index is 12.0. The lowest BCUT2D eigenvalue weighted by Crippen LogP contribution is -2.45. The zero-order valence-electron chi connectivity index (χ0n) is 10.1. The molecule has 4 heteroatoms. The first kappa shape index (κ1) is 12.1. The standard InChI is InChI=1S/C13H18O4/c1-2-9(14)11-10(15)8-13(17-12(11)16)6-4-3-5-7-13/h14H,2-8H2,1H3. The van der Waals surface area contributed by atoms with Crippen molar-refractivity contribution in [2.24, 2.45) is 0 Å². The highest BCUT2D eigenvalue weighted by molar-refractivity contribution is 6.19. The van der Waals surface area contributed by atoms with Crippen LogP contribution in [-0.2, 0) is 14.3 Å². The van der Waals surface area contributed by atoms with Crippen molar-refractivity contribution in [2.45, 2.75) is 57.5 Å². The van der Waals surface area contributed by atoms with Gasteiger partial charge in [-0.3, -0.25) is 4.79 Å². The van der Waals surface area contributed by atoms with E-state index in [2.05, 4.69) is 0 Å². The van der Waals surface area contributed by atoms with Gasteiger partial charge in [-0.05, 0) is 25.7 Å². The van der Waals surface area contributed by atoms with E-state index in [4.69, 9.17) is 4.74 Å². The Morgan fingerprint density at radius 3 is 2.47 bits per heavy atom. The lowest BCUT2D eigenvalue weighted by molar-refractivity contribution is -0.167. The minimum atomic E-state index is -0.637. The average Bonchev–Trinajstić information content (AvgIpc) is 2.28. The Bertz CT molecular complexity index is 353. The van der Waals surface area contributed by atoms with E-state index in [0.29, 0.717) is 0 Å². The van der Waals surface area contributed by atoms with Gasteiger partial charge in [0.05, 0.1) is 6.42 Å². The maximum Gasteiger partial charge on any atom is 0.345 e. The summed E-state index contributed by atoms with van der Waals surface area (Å²) in [5.74, 6) is -1.05. The fraction of sp³-hybridized carbons (Fsp3) is 0.692. The summed E-state index contributed by atoms with van der Waals surface area (Å²) in [6.45, 7) is 1.70. The molecule has 2 fully saturated rings. The van der Waals surface area contributed by atoms with Gasteiger partial charge in [-0.25, -0.2) is 4.79 Å². The number of Topliss-reactive ketones (excluding diaryl/α,β-unsaturated/α-hetero) is 1. The van der Waals surface area contributed by atoms with E-state index >= 15 is 0 Å². The van der Waals surface area contributed by atoms with Crippen molar-refractivity contribution in [1.29, 1.82) is 0 Å². The van der Waals surface area contributed by atoms with Crippen LogP contribution in [0.3, 0.4) is 0 Å².